The standard InChI is InChI=1S/C23H25N5O2.C22H21N5O2.2C22H23N5O2.C21H21N5O2/c1-15-24-19-6-4-16(12-21(19)30-15)20-13-23(29)28-14-18(5-7-22(28)25-20)27-10-8-17(9-11-27)26(2)3;1-13-24-18-4-2-14(6-20(18)29-13)19-7-22(28)27-12-17(3-5-21(27)25-19)26-10-15-8-23-9-16(15)11-26;1-14-23-18-6-4-15(10-20(18)29-14)19-11-22(28)27-13-17(5-7-21(27)24-19)26-9-8-16(12-26)25(2)3;1-14-12-26(9-8-25(14)3)17-5-7-21-24-19(11-22(28)27(21)13-17)16-4-6-18-20(10-16)29-15(2)23-18;1-13-23-17-4-2-14(10-19(17)28-13)18-11-21(27)26-12-16(3-5-20(26)24-18)25-8-6-15(22)7-9-25/h4-7,12-14,17H,8-11H2,1-3H3;2-7,12,15-16,23H,8-11H2,1H3;4-7,10-11,13,16H,8-9,12H2,1-3H3;4-7,10-11,13-14H,8-9,12H2,1-3H3;2-5,10-12,15H,6-9,22H2,1H3/t;15-,16+;16-;14-;/m..01./s1. The van der Waals surface area contributed by atoms with E-state index in [-0.39, 0.29) is 33.8 Å². The molecular formula is C110H113N25O10. The first-order chi connectivity index (χ1) is 70.1. The third-order valence-corrected chi connectivity index (χ3v) is 29.0. The Morgan fingerprint density at radius 2 is 0.572 bits per heavy atom. The van der Waals surface area contributed by atoms with Crippen LogP contribution in [0.1, 0.15) is 68.5 Å². The van der Waals surface area contributed by atoms with Crippen LogP contribution >= 0.6 is 0 Å². The summed E-state index contributed by atoms with van der Waals surface area (Å²) < 4.78 is 36.2. The van der Waals surface area contributed by atoms with Gasteiger partial charge in [0, 0.05) is 233 Å². The highest BCUT2D eigenvalue weighted by atomic mass is 16.4. The molecule has 145 heavy (non-hydrogen) atoms. The molecule has 6 fully saturated rings. The van der Waals surface area contributed by atoms with Gasteiger partial charge in [-0.25, -0.2) is 49.8 Å². The monoisotopic (exact) mass is 1940 g/mol. The number of likely N-dealkylation sites (N-methyl/N-ethyl adjacent to an activating group) is 2. The Kier molecular flexibility index (Phi) is 25.3. The van der Waals surface area contributed by atoms with Crippen LogP contribution in [0.4, 0.5) is 28.4 Å². The van der Waals surface area contributed by atoms with Gasteiger partial charge in [0.25, 0.3) is 27.8 Å². The van der Waals surface area contributed by atoms with E-state index < -0.39 is 0 Å². The average molecular weight is 1950 g/mol. The Labute approximate surface area is 832 Å². The van der Waals surface area contributed by atoms with Gasteiger partial charge in [0.1, 0.15) is 55.8 Å². The zero-order valence-electron chi connectivity index (χ0n) is 82.8. The van der Waals surface area contributed by atoms with Crippen LogP contribution < -0.4 is 63.3 Å². The van der Waals surface area contributed by atoms with E-state index in [0.29, 0.717) is 144 Å². The molecule has 0 radical (unpaired) electrons. The maximum Gasteiger partial charge on any atom is 0.258 e. The predicted octanol–water partition coefficient (Wildman–Crippen LogP) is 14.4. The molecule has 35 nitrogen and oxygen atoms in total. The number of hydrogen-bond donors (Lipinski definition) is 2. The molecule has 0 aliphatic carbocycles. The third-order valence-electron chi connectivity index (χ3n) is 29.0. The quantitative estimate of drug-likeness (QED) is 0.115. The van der Waals surface area contributed by atoms with Gasteiger partial charge in [0.2, 0.25) is 0 Å². The summed E-state index contributed by atoms with van der Waals surface area (Å²) in [5.74, 6) is 4.51. The largest absolute Gasteiger partial charge is 0.441 e. The minimum atomic E-state index is -0.107. The molecule has 0 spiro atoms. The summed E-state index contributed by atoms with van der Waals surface area (Å²) in [5, 5.41) is 3.47. The summed E-state index contributed by atoms with van der Waals surface area (Å²) in [4.78, 5) is 128. The summed E-state index contributed by atoms with van der Waals surface area (Å²) in [7, 11) is 10.7. The van der Waals surface area contributed by atoms with Crippen LogP contribution in [0.25, 0.3) is 140 Å². The van der Waals surface area contributed by atoms with Gasteiger partial charge >= 0.3 is 0 Å². The van der Waals surface area contributed by atoms with E-state index >= 15 is 0 Å². The molecule has 0 unspecified atom stereocenters. The molecule has 6 saturated heterocycles. The number of rotatable bonds is 12. The molecule has 21 heterocycles. The number of anilines is 5. The van der Waals surface area contributed by atoms with Crippen molar-refractivity contribution < 1.29 is 22.1 Å². The maximum absolute atomic E-state index is 12.9. The first-order valence-corrected chi connectivity index (χ1v) is 49.4. The van der Waals surface area contributed by atoms with Crippen molar-refractivity contribution in [2.75, 3.05) is 145 Å². The van der Waals surface area contributed by atoms with Crippen LogP contribution in [0.2, 0.25) is 0 Å². The van der Waals surface area contributed by atoms with Gasteiger partial charge in [-0.05, 0) is 207 Å². The summed E-state index contributed by atoms with van der Waals surface area (Å²) in [5.41, 5.74) is 28.8. The van der Waals surface area contributed by atoms with Gasteiger partial charge in [-0.2, -0.15) is 0 Å². The second-order valence-electron chi connectivity index (χ2n) is 39.3. The highest BCUT2D eigenvalue weighted by molar-refractivity contribution is 5.85. The number of piperidine rings is 2. The molecule has 0 saturated carbocycles. The fourth-order valence-electron chi connectivity index (χ4n) is 20.7. The molecule has 35 heteroatoms. The predicted molar refractivity (Wildman–Crippen MR) is 565 cm³/mol. The molecule has 15 aromatic heterocycles. The second kappa shape index (κ2) is 39.1. The van der Waals surface area contributed by atoms with Crippen molar-refractivity contribution in [2.24, 2.45) is 17.6 Å². The lowest BCUT2D eigenvalue weighted by Gasteiger charge is -2.39. The Bertz CT molecular complexity index is 8500. The van der Waals surface area contributed by atoms with Crippen LogP contribution in [0.5, 0.6) is 0 Å². The lowest BCUT2D eigenvalue weighted by Crippen LogP contribution is -2.50. The number of oxazole rings is 5. The highest BCUT2D eigenvalue weighted by Gasteiger charge is 2.37. The number of aryl methyl sites for hydroxylation is 5. The minimum Gasteiger partial charge on any atom is -0.441 e. The zero-order chi connectivity index (χ0) is 99.9. The summed E-state index contributed by atoms with van der Waals surface area (Å²) >= 11 is 0. The molecule has 6 aliphatic rings. The van der Waals surface area contributed by atoms with Crippen LogP contribution in [0, 0.1) is 46.5 Å². The van der Waals surface area contributed by atoms with Crippen molar-refractivity contribution in [3.63, 3.8) is 0 Å². The average Bonchev–Trinajstić information content (AvgIpc) is 1.77. The molecule has 6 aliphatic heterocycles. The molecule has 0 amide bonds. The minimum absolute atomic E-state index is 0.0817. The van der Waals surface area contributed by atoms with Crippen molar-refractivity contribution in [3.05, 3.63) is 294 Å². The first kappa shape index (κ1) is 94.0. The molecule has 20 aromatic rings. The van der Waals surface area contributed by atoms with E-state index in [4.69, 9.17) is 47.8 Å². The number of pyridine rings is 5. The van der Waals surface area contributed by atoms with Gasteiger partial charge in [0.15, 0.2) is 57.4 Å². The van der Waals surface area contributed by atoms with Crippen LogP contribution in [0.3, 0.4) is 0 Å². The van der Waals surface area contributed by atoms with Crippen molar-refractivity contribution in [2.45, 2.75) is 97.8 Å². The number of aromatic nitrogens is 15. The van der Waals surface area contributed by atoms with Gasteiger partial charge in [-0.1, -0.05) is 30.3 Å². The van der Waals surface area contributed by atoms with Crippen molar-refractivity contribution in [3.8, 4) is 56.3 Å². The van der Waals surface area contributed by atoms with Gasteiger partial charge in [0.05, 0.1) is 56.9 Å². The van der Waals surface area contributed by atoms with E-state index in [1.165, 1.54) is 0 Å². The van der Waals surface area contributed by atoms with Gasteiger partial charge in [-0.3, -0.25) is 46.0 Å². The van der Waals surface area contributed by atoms with E-state index in [2.05, 4.69) is 129 Å². The maximum atomic E-state index is 12.9. The number of nitrogens with zero attached hydrogens (tertiary/aromatic N) is 23. The molecule has 0 bridgehead atoms. The Balaban J connectivity index is 0.000000103. The molecule has 3 N–H and O–H groups in total. The Morgan fingerprint density at radius 1 is 0.303 bits per heavy atom. The van der Waals surface area contributed by atoms with E-state index in [1.54, 1.807) is 52.3 Å². The van der Waals surface area contributed by atoms with E-state index in [9.17, 15) is 24.0 Å². The molecule has 4 atom stereocenters. The summed E-state index contributed by atoms with van der Waals surface area (Å²) in [6, 6.07) is 58.1. The van der Waals surface area contributed by atoms with Crippen LogP contribution in [-0.2, 0) is 0 Å². The van der Waals surface area contributed by atoms with Gasteiger partial charge in [-0.15, -0.1) is 0 Å². The molecule has 5 aromatic carbocycles. The molecule has 738 valence electrons. The van der Waals surface area contributed by atoms with Crippen LogP contribution in [0.15, 0.2) is 259 Å². The Hall–Kier alpha value is -16.0. The second-order valence-corrected chi connectivity index (χ2v) is 39.3. The first-order valence-electron chi connectivity index (χ1n) is 49.4. The zero-order valence-corrected chi connectivity index (χ0v) is 82.8. The Morgan fingerprint density at radius 3 is 0.862 bits per heavy atom. The normalized spacial score (nSPS) is 17.5. The number of nitrogens with two attached hydrogens (primary N) is 1. The lowest BCUT2D eigenvalue weighted by molar-refractivity contribution is 0.234. The number of piperazine rings is 1. The van der Waals surface area contributed by atoms with E-state index in [1.807, 2.05) is 205 Å². The summed E-state index contributed by atoms with van der Waals surface area (Å²) in [6.07, 6.45) is 14.8. The molecular weight excluding hydrogens is 1830 g/mol. The molecule has 26 rings (SSSR count). The smallest absolute Gasteiger partial charge is 0.258 e. The lowest BCUT2D eigenvalue weighted by atomic mass is 10.0. The fraction of sp³-hybridized carbons (Fsp3) is 0.318. The van der Waals surface area contributed by atoms with Crippen molar-refractivity contribution in [1.82, 2.24) is 91.9 Å². The fourth-order valence-corrected chi connectivity index (χ4v) is 20.7. The number of fused-ring (bicyclic) bond motifs is 11. The van der Waals surface area contributed by atoms with Crippen molar-refractivity contribution in [1.29, 1.82) is 0 Å². The SMILES string of the molecule is Cc1nc2ccc(-c3cc(=O)n4cc(N5CCC(N(C)C)CC5)ccc4n3)cc2o1.Cc1nc2ccc(-c3cc(=O)n4cc(N5CCC(N)CC5)ccc4n3)cc2o1.Cc1nc2ccc(-c3cc(=O)n4cc(N5CCN(C)[C@H](C)C5)ccc4n3)cc2o1.Cc1nc2ccc(-c3cc(=O)n4cc(N5CC[C@H](N(C)C)C5)ccc4n3)cc2o1.Cc1nc2ccc(-c3cc(=O)n4cc(N5C[C@H]6CNC[C@H]6C5)ccc4n3)cc2o1. The summed E-state index contributed by atoms with van der Waals surface area (Å²) in [6.45, 7) is 24.2. The number of hydrogen-bond acceptors (Lipinski definition) is 30. The van der Waals surface area contributed by atoms with E-state index in [0.717, 1.165) is 201 Å². The highest BCUT2D eigenvalue weighted by Crippen LogP contribution is 2.36. The number of benzene rings is 5. The number of nitrogens with one attached hydrogen (secondary N) is 1. The third kappa shape index (κ3) is 19.6. The van der Waals surface area contributed by atoms with Crippen molar-refractivity contribution >= 4 is 112 Å². The van der Waals surface area contributed by atoms with Gasteiger partial charge < -0.3 is 72.3 Å². The topological polar surface area (TPSA) is 366 Å². The van der Waals surface area contributed by atoms with Crippen LogP contribution in [-0.4, -0.2) is 231 Å².